The normalized spacial score (nSPS) is 11.9. The second-order valence-corrected chi connectivity index (χ2v) is 14.8. The minimum Gasteiger partial charge on any atom is -0.482 e. The van der Waals surface area contributed by atoms with Gasteiger partial charge in [0.2, 0.25) is 0 Å². The van der Waals surface area contributed by atoms with Gasteiger partial charge in [0.25, 0.3) is 0 Å². The summed E-state index contributed by atoms with van der Waals surface area (Å²) in [7, 11) is -4.80. The Balaban J connectivity index is 1.67. The highest BCUT2D eigenvalue weighted by Gasteiger charge is 2.55. The number of anilines is 2. The molecular weight excluding hydrogens is 760 g/mol. The lowest BCUT2D eigenvalue weighted by Crippen LogP contribution is -2.20. The van der Waals surface area contributed by atoms with E-state index >= 15 is 8.78 Å². The average molecular weight is 792 g/mol. The number of halogens is 5. The van der Waals surface area contributed by atoms with Crippen LogP contribution in [0.15, 0.2) is 65.1 Å². The van der Waals surface area contributed by atoms with E-state index in [9.17, 15) is 9.36 Å². The van der Waals surface area contributed by atoms with Crippen LogP contribution < -0.4 is 9.64 Å². The van der Waals surface area contributed by atoms with Gasteiger partial charge in [-0.1, -0.05) is 51.3 Å². The molecule has 1 heterocycles. The fraction of sp³-hybridized carbons (Fsp3) is 0.312. The van der Waals surface area contributed by atoms with Crippen LogP contribution in [0, 0.1) is 6.92 Å². The van der Waals surface area contributed by atoms with Gasteiger partial charge in [0.15, 0.2) is 11.7 Å². The summed E-state index contributed by atoms with van der Waals surface area (Å²) in [4.78, 5) is 19.4. The molecule has 3 aromatic carbocycles. The summed E-state index contributed by atoms with van der Waals surface area (Å²) in [5, 5.41) is 1.32. The van der Waals surface area contributed by atoms with Gasteiger partial charge in [0, 0.05) is 26.2 Å². The largest absolute Gasteiger partial charge is 0.482 e. The van der Waals surface area contributed by atoms with Crippen molar-refractivity contribution in [3.63, 3.8) is 0 Å². The molecule has 4 aromatic rings. The monoisotopic (exact) mass is 790 g/mol. The Kier molecular flexibility index (Phi) is 12.9. The topological polar surface area (TPSA) is 87.2 Å². The highest BCUT2D eigenvalue weighted by molar-refractivity contribution is 9.10. The molecule has 0 spiro atoms. The second kappa shape index (κ2) is 16.2. The molecule has 0 bridgehead atoms. The van der Waals surface area contributed by atoms with Crippen molar-refractivity contribution in [1.29, 1.82) is 0 Å². The molecule has 0 atom stereocenters. The van der Waals surface area contributed by atoms with Gasteiger partial charge in [0.05, 0.1) is 42.1 Å². The number of alkyl halides is 2. The number of hydrogen-bond acceptors (Lipinski definition) is 9. The minimum atomic E-state index is -4.80. The van der Waals surface area contributed by atoms with Crippen molar-refractivity contribution < 1.29 is 36.7 Å². The van der Waals surface area contributed by atoms with Gasteiger partial charge < -0.3 is 23.4 Å². The third-order valence-corrected chi connectivity index (χ3v) is 11.2. The number of benzene rings is 3. The first-order chi connectivity index (χ1) is 22.3. The van der Waals surface area contributed by atoms with Crippen molar-refractivity contribution in [2.24, 2.45) is 0 Å². The summed E-state index contributed by atoms with van der Waals surface area (Å²) in [5.74, 6) is 0.0520. The molecule has 0 fully saturated rings. The van der Waals surface area contributed by atoms with Crippen molar-refractivity contribution >= 4 is 74.9 Å². The summed E-state index contributed by atoms with van der Waals surface area (Å²) >= 11 is 17.3. The molecule has 47 heavy (non-hydrogen) atoms. The number of thiazole rings is 1. The first kappa shape index (κ1) is 37.3. The van der Waals surface area contributed by atoms with Crippen LogP contribution in [-0.4, -0.2) is 37.4 Å². The lowest BCUT2D eigenvalue weighted by atomic mass is 10.1. The number of rotatable bonds is 15. The van der Waals surface area contributed by atoms with Crippen LogP contribution in [0.25, 0.3) is 11.3 Å². The van der Waals surface area contributed by atoms with Gasteiger partial charge >= 0.3 is 19.2 Å². The van der Waals surface area contributed by atoms with Crippen LogP contribution in [0.5, 0.6) is 5.75 Å². The quantitative estimate of drug-likeness (QED) is 0.0869. The van der Waals surface area contributed by atoms with E-state index in [1.54, 1.807) is 37.3 Å². The third kappa shape index (κ3) is 8.73. The van der Waals surface area contributed by atoms with Crippen LogP contribution >= 0.6 is 58.1 Å². The number of ether oxygens (including phenoxy) is 2. The maximum absolute atomic E-state index is 15.6. The van der Waals surface area contributed by atoms with Gasteiger partial charge in [-0.25, -0.2) is 9.78 Å². The van der Waals surface area contributed by atoms with Gasteiger partial charge in [-0.15, -0.1) is 11.3 Å². The van der Waals surface area contributed by atoms with Gasteiger partial charge in [0.1, 0.15) is 5.75 Å². The molecular formula is C32H32BrCl2F2N2O6PS. The van der Waals surface area contributed by atoms with E-state index < -0.39 is 24.8 Å². The van der Waals surface area contributed by atoms with Crippen LogP contribution in [0.4, 0.5) is 19.6 Å². The zero-order valence-electron chi connectivity index (χ0n) is 25.9. The molecule has 0 aliphatic heterocycles. The summed E-state index contributed by atoms with van der Waals surface area (Å²) in [6, 6.07) is 16.6. The number of hydrogen-bond donors (Lipinski definition) is 0. The Morgan fingerprint density at radius 2 is 1.66 bits per heavy atom. The van der Waals surface area contributed by atoms with E-state index in [0.29, 0.717) is 32.2 Å². The zero-order valence-corrected chi connectivity index (χ0v) is 30.7. The van der Waals surface area contributed by atoms with Gasteiger partial charge in [-0.2, -0.15) is 8.78 Å². The van der Waals surface area contributed by atoms with Crippen molar-refractivity contribution in [1.82, 2.24) is 4.98 Å². The molecule has 0 saturated heterocycles. The van der Waals surface area contributed by atoms with E-state index in [0.717, 1.165) is 16.1 Å². The first-order valence-corrected chi connectivity index (χ1v) is 18.4. The smallest absolute Gasteiger partial charge is 0.404 e. The lowest BCUT2D eigenvalue weighted by molar-refractivity contribution is -0.145. The number of esters is 1. The van der Waals surface area contributed by atoms with Gasteiger partial charge in [-0.05, 0) is 81.8 Å². The SMILES string of the molecule is CCOC(=O)COc1ccc(-c2nc(N(Cc3ccc(C(F)(F)P(=O)(OCC)OCC)c(Br)c3)c3ccc(Cl)c(Cl)c3)sc2C)cc1. The number of carbonyl (C=O) groups excluding carboxylic acids is 1. The van der Waals surface area contributed by atoms with E-state index in [2.05, 4.69) is 15.9 Å². The highest BCUT2D eigenvalue weighted by Crippen LogP contribution is 2.67. The van der Waals surface area contributed by atoms with Crippen molar-refractivity contribution in [3.05, 3.63) is 91.2 Å². The van der Waals surface area contributed by atoms with Crippen molar-refractivity contribution in [3.8, 4) is 17.0 Å². The second-order valence-electron chi connectivity index (χ2n) is 9.89. The summed E-state index contributed by atoms with van der Waals surface area (Å²) in [6.45, 7) is 6.50. The predicted octanol–water partition coefficient (Wildman–Crippen LogP) is 10.8. The Morgan fingerprint density at radius 1 is 0.979 bits per heavy atom. The summed E-state index contributed by atoms with van der Waals surface area (Å²) in [6.07, 6.45) is 0. The van der Waals surface area contributed by atoms with E-state index in [-0.39, 0.29) is 37.4 Å². The molecule has 0 N–H and O–H groups in total. The Hall–Kier alpha value is -2.57. The molecule has 0 aliphatic carbocycles. The van der Waals surface area contributed by atoms with Crippen LogP contribution in [0.3, 0.4) is 0 Å². The first-order valence-electron chi connectivity index (χ1n) is 14.5. The lowest BCUT2D eigenvalue weighted by Gasteiger charge is -2.27. The van der Waals surface area contributed by atoms with E-state index in [1.807, 2.05) is 24.0 Å². The molecule has 252 valence electrons. The molecule has 15 heteroatoms. The van der Waals surface area contributed by atoms with Crippen LogP contribution in [0.2, 0.25) is 10.0 Å². The Morgan fingerprint density at radius 3 is 2.26 bits per heavy atom. The molecule has 0 saturated carbocycles. The van der Waals surface area contributed by atoms with Crippen molar-refractivity contribution in [2.75, 3.05) is 31.3 Å². The predicted molar refractivity (Wildman–Crippen MR) is 186 cm³/mol. The van der Waals surface area contributed by atoms with Crippen LogP contribution in [-0.2, 0) is 35.4 Å². The fourth-order valence-electron chi connectivity index (χ4n) is 4.51. The number of carbonyl (C=O) groups is 1. The third-order valence-electron chi connectivity index (χ3n) is 6.66. The molecule has 4 rings (SSSR count). The summed E-state index contributed by atoms with van der Waals surface area (Å²) in [5.41, 5.74) is -1.56. The zero-order chi connectivity index (χ0) is 34.4. The molecule has 0 radical (unpaired) electrons. The standard InChI is InChI=1S/C32H32BrCl2F2N2O6PS/c1-5-42-29(40)19-43-24-12-9-22(10-13-24)30-20(4)47-31(38-30)39(23-11-15-27(34)28(35)17-23)18-21-8-14-25(26(33)16-21)32(36,37)46(41,44-6-2)45-7-3/h8-17H,5-7,18-19H2,1-4H3. The van der Waals surface area contributed by atoms with Crippen LogP contribution in [0.1, 0.15) is 36.8 Å². The Labute approximate surface area is 294 Å². The summed E-state index contributed by atoms with van der Waals surface area (Å²) < 4.78 is 64.6. The van der Waals surface area contributed by atoms with Gasteiger partial charge in [-0.3, -0.25) is 4.57 Å². The fourth-order valence-corrected chi connectivity index (χ4v) is 8.15. The molecule has 0 amide bonds. The Bertz CT molecular complexity index is 1750. The number of nitrogens with zero attached hydrogens (tertiary/aromatic N) is 2. The minimum absolute atomic E-state index is 0.0370. The number of aryl methyl sites for hydroxylation is 1. The maximum atomic E-state index is 15.6. The van der Waals surface area contributed by atoms with Crippen molar-refractivity contribution in [2.45, 2.75) is 39.9 Å². The average Bonchev–Trinajstić information content (AvgIpc) is 3.41. The number of aromatic nitrogens is 1. The van der Waals surface area contributed by atoms with E-state index in [4.69, 9.17) is 46.7 Å². The molecule has 8 nitrogen and oxygen atoms in total. The molecule has 0 aliphatic rings. The maximum Gasteiger partial charge on any atom is 0.404 e. The highest BCUT2D eigenvalue weighted by atomic mass is 79.9. The van der Waals surface area contributed by atoms with E-state index in [1.165, 1.54) is 43.4 Å². The molecule has 1 aromatic heterocycles. The molecule has 0 unspecified atom stereocenters.